The second-order valence-electron chi connectivity index (χ2n) is 21.9. The summed E-state index contributed by atoms with van der Waals surface area (Å²) in [6, 6.07) is 8.88. The lowest BCUT2D eigenvalue weighted by Gasteiger charge is -2.50. The number of piperidine rings is 1. The van der Waals surface area contributed by atoms with E-state index in [1.54, 1.807) is 66.6 Å². The van der Waals surface area contributed by atoms with E-state index in [0.717, 1.165) is 36.8 Å². The van der Waals surface area contributed by atoms with Gasteiger partial charge in [0, 0.05) is 86.6 Å². The smallest absolute Gasteiger partial charge is 0.192 e. The summed E-state index contributed by atoms with van der Waals surface area (Å²) in [6.45, 7) is 18.9. The van der Waals surface area contributed by atoms with Crippen LogP contribution in [0.5, 0.6) is 0 Å². The fraction of sp³-hybridized carbons (Fsp3) is 0.518. The number of rotatable bonds is 1. The summed E-state index contributed by atoms with van der Waals surface area (Å²) in [5.41, 5.74) is 28.5. The number of carbonyl (C=O) groups is 1. The molecule has 11 aliphatic rings. The average molecular weight is 901 g/mol. The van der Waals surface area contributed by atoms with E-state index in [-0.39, 0.29) is 0 Å². The summed E-state index contributed by atoms with van der Waals surface area (Å²) in [6.07, 6.45) is 24.7. The largest absolute Gasteiger partial charge is 0.388 e. The van der Waals surface area contributed by atoms with Gasteiger partial charge in [-0.1, -0.05) is 48.1 Å². The second kappa shape index (κ2) is 15.6. The van der Waals surface area contributed by atoms with Crippen molar-refractivity contribution in [2.24, 2.45) is 5.73 Å². The number of fused-ring (bicyclic) bond motifs is 7. The summed E-state index contributed by atoms with van der Waals surface area (Å²) in [5, 5.41) is 10.2. The molecule has 0 saturated carbocycles. The number of hydrogen-bond acceptors (Lipinski definition) is 6. The van der Waals surface area contributed by atoms with E-state index in [1.165, 1.54) is 168 Å². The Morgan fingerprint density at radius 2 is 1.06 bits per heavy atom. The molecular formula is C56H72N6OSi2. The summed E-state index contributed by atoms with van der Waals surface area (Å²) in [4.78, 5) is 22.1. The van der Waals surface area contributed by atoms with Crippen molar-refractivity contribution < 1.29 is 9.37 Å². The minimum absolute atomic E-state index is 0.334. The zero-order valence-corrected chi connectivity index (χ0v) is 42.4. The molecule has 3 N–H and O–H groups in total. The van der Waals surface area contributed by atoms with Gasteiger partial charge in [-0.25, -0.2) is 0 Å². The number of aryl methyl sites for hydroxylation is 3. The van der Waals surface area contributed by atoms with E-state index < -0.39 is 16.1 Å². The van der Waals surface area contributed by atoms with E-state index >= 15 is 0 Å². The van der Waals surface area contributed by atoms with E-state index in [2.05, 4.69) is 94.1 Å². The maximum atomic E-state index is 14.1. The minimum atomic E-state index is -1.99. The molecule has 1 fully saturated rings. The first-order valence-corrected chi connectivity index (χ1v) is 31.9. The first-order chi connectivity index (χ1) is 31.6. The lowest BCUT2D eigenvalue weighted by atomic mass is 9.79. The van der Waals surface area contributed by atoms with Gasteiger partial charge in [0.1, 0.15) is 20.7 Å². The third-order valence-corrected chi connectivity index (χ3v) is 25.0. The highest BCUT2D eigenvalue weighted by molar-refractivity contribution is 7.03. The molecule has 14 rings (SSSR count). The van der Waals surface area contributed by atoms with Crippen LogP contribution < -0.4 is 41.3 Å². The van der Waals surface area contributed by atoms with Crippen molar-refractivity contribution in [2.45, 2.75) is 129 Å². The van der Waals surface area contributed by atoms with Crippen molar-refractivity contribution in [2.75, 3.05) is 74.6 Å². The van der Waals surface area contributed by atoms with Gasteiger partial charge in [-0.05, 0) is 171 Å². The topological polar surface area (TPSA) is 67.8 Å². The van der Waals surface area contributed by atoms with Crippen LogP contribution in [0, 0.1) is 6.04 Å². The number of nitrogens with zero attached hydrogens (tertiary/aromatic N) is 4. The standard InChI is InChI=1S/C28H35N3Si.C27H32N2OSi.CH5N/c1-29-24-22-16-18-8-4-12-30-14-6-10-20(25(18)30)27(22)32(2,3)28-21-11-7-15-31-13-5-9-19(26(21)31)17-23(24)28;1-31(2)26-19-9-5-13-28-11-3-7-17(23(19)28)15-21(26)25(30)22-16-18-8-4-12-29-14-6-10-20(24(18)29)27(22)31;1-2/h12,16-17,29H,4-11,13-15H2,1-3H3;15-16H,3-14H2,1-2H3;2H2,1H3. The summed E-state index contributed by atoms with van der Waals surface area (Å²) in [7, 11) is -0.190. The molecule has 0 spiro atoms. The molecule has 0 bridgehead atoms. The Morgan fingerprint density at radius 3 is 1.55 bits per heavy atom. The van der Waals surface area contributed by atoms with Gasteiger partial charge in [0.2, 0.25) is 0 Å². The van der Waals surface area contributed by atoms with Crippen molar-refractivity contribution >= 4 is 66.5 Å². The van der Waals surface area contributed by atoms with E-state index in [9.17, 15) is 4.79 Å². The normalized spacial score (nSPS) is 23.0. The lowest BCUT2D eigenvalue weighted by Crippen LogP contribution is -2.63. The second-order valence-corrected chi connectivity index (χ2v) is 30.4. The van der Waals surface area contributed by atoms with Crippen LogP contribution in [0.3, 0.4) is 0 Å². The molecule has 0 atom stereocenters. The van der Waals surface area contributed by atoms with Crippen LogP contribution in [0.15, 0.2) is 46.2 Å². The molecule has 0 aromatic heterocycles. The third-order valence-electron chi connectivity index (χ3n) is 17.7. The highest BCUT2D eigenvalue weighted by atomic mass is 28.3. The fourth-order valence-electron chi connectivity index (χ4n) is 15.7. The molecule has 3 aromatic rings. The van der Waals surface area contributed by atoms with E-state index in [4.69, 9.17) is 0 Å². The van der Waals surface area contributed by atoms with Gasteiger partial charge < -0.3 is 25.8 Å². The Balaban J connectivity index is 0.000000132. The summed E-state index contributed by atoms with van der Waals surface area (Å²) < 4.78 is 2.61. The van der Waals surface area contributed by atoms with E-state index in [1.807, 2.05) is 0 Å². The molecule has 9 heteroatoms. The number of allylic oxidation sites excluding steroid dienone is 3. The molecule has 65 heavy (non-hydrogen) atoms. The molecule has 7 nitrogen and oxygen atoms in total. The molecular weight excluding hydrogens is 829 g/mol. The van der Waals surface area contributed by atoms with Crippen LogP contribution in [-0.4, -0.2) is 92.6 Å². The molecule has 0 unspecified atom stereocenters. The number of nitrogens with one attached hydrogen (secondary N) is 1. The quantitative estimate of drug-likeness (QED) is 0.153. The zero-order valence-electron chi connectivity index (χ0n) is 40.4. The van der Waals surface area contributed by atoms with Crippen LogP contribution in [0.2, 0.25) is 26.2 Å². The zero-order chi connectivity index (χ0) is 44.5. The number of carbonyl (C=O) groups excluding carboxylic acids is 1. The van der Waals surface area contributed by atoms with Crippen molar-refractivity contribution in [3.8, 4) is 0 Å². The first kappa shape index (κ1) is 42.1. The van der Waals surface area contributed by atoms with Crippen molar-refractivity contribution in [1.82, 2.24) is 5.32 Å². The highest BCUT2D eigenvalue weighted by Crippen LogP contribution is 2.51. The van der Waals surface area contributed by atoms with Crippen molar-refractivity contribution in [1.29, 1.82) is 0 Å². The molecule has 10 aliphatic heterocycles. The number of ketones is 1. The maximum absolute atomic E-state index is 14.1. The molecule has 1 saturated heterocycles. The van der Waals surface area contributed by atoms with E-state index in [0.29, 0.717) is 5.78 Å². The van der Waals surface area contributed by atoms with Gasteiger partial charge in [-0.3, -0.25) is 9.37 Å². The molecule has 3 aromatic carbocycles. The van der Waals surface area contributed by atoms with Gasteiger partial charge >= 0.3 is 0 Å². The van der Waals surface area contributed by atoms with Crippen LogP contribution in [0.1, 0.15) is 119 Å². The Bertz CT molecular complexity index is 2620. The number of hydrogen-bond donors (Lipinski definition) is 2. The third kappa shape index (κ3) is 6.02. The summed E-state index contributed by atoms with van der Waals surface area (Å²) in [5.74, 6) is 0.334. The van der Waals surface area contributed by atoms with Gasteiger partial charge in [0.05, 0.1) is 14.3 Å². The number of anilines is 3. The van der Waals surface area contributed by atoms with Gasteiger partial charge in [-0.15, -0.1) is 11.3 Å². The lowest BCUT2D eigenvalue weighted by molar-refractivity contribution is -0.508. The van der Waals surface area contributed by atoms with Crippen molar-refractivity contribution in [3.05, 3.63) is 102 Å². The predicted octanol–water partition coefficient (Wildman–Crippen LogP) is 7.25. The Hall–Kier alpha value is -4.32. The minimum Gasteiger partial charge on any atom is -0.388 e. The van der Waals surface area contributed by atoms with Crippen LogP contribution >= 0.6 is 0 Å². The molecule has 1 aliphatic carbocycles. The average Bonchev–Trinajstić information content (AvgIpc) is 3.32. The Kier molecular flexibility index (Phi) is 10.1. The highest BCUT2D eigenvalue weighted by Gasteiger charge is 2.48. The number of nitrogens with two attached hydrogens (primary N) is 1. The monoisotopic (exact) mass is 901 g/mol. The summed E-state index contributed by atoms with van der Waals surface area (Å²) >= 11 is 0. The van der Waals surface area contributed by atoms with Crippen LogP contribution in [0.25, 0.3) is 5.70 Å². The van der Waals surface area contributed by atoms with Gasteiger partial charge in [0.25, 0.3) is 0 Å². The predicted molar refractivity (Wildman–Crippen MR) is 277 cm³/mol. The molecule has 0 radical (unpaired) electrons. The molecule has 10 heterocycles. The Morgan fingerprint density at radius 1 is 0.600 bits per heavy atom. The van der Waals surface area contributed by atoms with Gasteiger partial charge in [-0.2, -0.15) is 0 Å². The SMILES string of the molecule is CN.CNC1=C2C=C3CCC=[N+]4CCCC(=C2[Si](C)(C)c2c1cc1c5c2CCCN5CCC1)[C-]34.C[Si]1(C)c2c(cc3c4c2CCCN4CCC3)C(=O)c2cc3c4c(c21)CCCN4CCC3. The van der Waals surface area contributed by atoms with Crippen LogP contribution in [0.4, 0.5) is 17.1 Å². The Labute approximate surface area is 390 Å². The van der Waals surface area contributed by atoms with Crippen molar-refractivity contribution in [3.63, 3.8) is 0 Å². The number of benzene rings is 3. The molecule has 0 amide bonds. The van der Waals surface area contributed by atoms with Gasteiger partial charge in [0.15, 0.2) is 5.78 Å². The van der Waals surface area contributed by atoms with Crippen LogP contribution in [-0.2, 0) is 38.5 Å². The maximum Gasteiger partial charge on any atom is 0.192 e. The first-order valence-electron chi connectivity index (χ1n) is 25.9. The molecule has 340 valence electrons. The fourth-order valence-corrected chi connectivity index (χ4v) is 23.6.